The Morgan fingerprint density at radius 3 is 1.90 bits per heavy atom. The maximum absolute atomic E-state index is 3.62. The summed E-state index contributed by atoms with van der Waals surface area (Å²) < 4.78 is 0. The smallest absolute Gasteiger partial charge is 0.0360 e. The molecule has 0 fully saturated rings. The molecule has 2 heteroatoms. The van der Waals surface area contributed by atoms with E-state index in [4.69, 9.17) is 0 Å². The quantitative estimate of drug-likeness (QED) is 0.739. The van der Waals surface area contributed by atoms with Gasteiger partial charge in [-0.1, -0.05) is 57.5 Å². The highest BCUT2D eigenvalue weighted by molar-refractivity contribution is 5.23. The SMILES string of the molecule is CCN(CC)C(CC)(CC)C(Cc1ccc(C)cc1)NC. The Morgan fingerprint density at radius 2 is 1.52 bits per heavy atom. The summed E-state index contributed by atoms with van der Waals surface area (Å²) in [7, 11) is 2.11. The van der Waals surface area contributed by atoms with Crippen molar-refractivity contribution in [2.75, 3.05) is 20.1 Å². The summed E-state index contributed by atoms with van der Waals surface area (Å²) in [5, 5.41) is 3.62. The number of hydrogen-bond donors (Lipinski definition) is 1. The van der Waals surface area contributed by atoms with Crippen molar-refractivity contribution in [3.63, 3.8) is 0 Å². The van der Waals surface area contributed by atoms with Crippen LogP contribution in [0.5, 0.6) is 0 Å². The lowest BCUT2D eigenvalue weighted by molar-refractivity contribution is 0.0519. The summed E-state index contributed by atoms with van der Waals surface area (Å²) in [6.45, 7) is 13.6. The van der Waals surface area contributed by atoms with Crippen LogP contribution in [0.25, 0.3) is 0 Å². The zero-order valence-corrected chi connectivity index (χ0v) is 14.9. The van der Waals surface area contributed by atoms with Crippen molar-refractivity contribution in [2.45, 2.75) is 65.5 Å². The van der Waals surface area contributed by atoms with E-state index in [9.17, 15) is 0 Å². The summed E-state index contributed by atoms with van der Waals surface area (Å²) in [5.74, 6) is 0. The van der Waals surface area contributed by atoms with Gasteiger partial charge in [0.2, 0.25) is 0 Å². The fourth-order valence-corrected chi connectivity index (χ4v) is 3.78. The molecule has 0 radical (unpaired) electrons. The first-order valence-electron chi connectivity index (χ1n) is 8.55. The molecule has 1 unspecified atom stereocenters. The van der Waals surface area contributed by atoms with Gasteiger partial charge in [-0.3, -0.25) is 4.90 Å². The Balaban J connectivity index is 3.04. The lowest BCUT2D eigenvalue weighted by Gasteiger charge is -2.48. The highest BCUT2D eigenvalue weighted by Crippen LogP contribution is 2.30. The molecule has 0 aromatic heterocycles. The molecule has 0 amide bonds. The monoisotopic (exact) mass is 290 g/mol. The first kappa shape index (κ1) is 18.2. The molecule has 1 rings (SSSR count). The number of likely N-dealkylation sites (N-methyl/N-ethyl adjacent to an activating group) is 2. The Bertz CT molecular complexity index is 389. The fourth-order valence-electron chi connectivity index (χ4n) is 3.78. The zero-order chi connectivity index (χ0) is 15.9. The van der Waals surface area contributed by atoms with Crippen molar-refractivity contribution < 1.29 is 0 Å². The van der Waals surface area contributed by atoms with Crippen LogP contribution in [-0.4, -0.2) is 36.6 Å². The lowest BCUT2D eigenvalue weighted by Crippen LogP contribution is -2.61. The maximum Gasteiger partial charge on any atom is 0.0360 e. The molecular weight excluding hydrogens is 256 g/mol. The number of benzene rings is 1. The number of nitrogens with one attached hydrogen (secondary N) is 1. The third-order valence-corrected chi connectivity index (χ3v) is 5.18. The fraction of sp³-hybridized carbons (Fsp3) is 0.684. The van der Waals surface area contributed by atoms with E-state index in [2.05, 4.69) is 76.1 Å². The molecule has 0 saturated heterocycles. The Hall–Kier alpha value is -0.860. The average molecular weight is 290 g/mol. The molecule has 21 heavy (non-hydrogen) atoms. The van der Waals surface area contributed by atoms with Gasteiger partial charge >= 0.3 is 0 Å². The molecule has 1 aromatic rings. The minimum absolute atomic E-state index is 0.239. The van der Waals surface area contributed by atoms with Gasteiger partial charge in [0.25, 0.3) is 0 Å². The van der Waals surface area contributed by atoms with Crippen LogP contribution < -0.4 is 5.32 Å². The van der Waals surface area contributed by atoms with E-state index in [0.717, 1.165) is 19.5 Å². The van der Waals surface area contributed by atoms with Crippen molar-refractivity contribution in [3.8, 4) is 0 Å². The second-order valence-corrected chi connectivity index (χ2v) is 6.01. The van der Waals surface area contributed by atoms with E-state index in [-0.39, 0.29) is 5.54 Å². The van der Waals surface area contributed by atoms with E-state index in [1.807, 2.05) is 0 Å². The Labute approximate surface area is 131 Å². The van der Waals surface area contributed by atoms with Crippen molar-refractivity contribution in [1.82, 2.24) is 10.2 Å². The molecule has 0 saturated carbocycles. The second kappa shape index (κ2) is 8.55. The number of aryl methyl sites for hydroxylation is 1. The summed E-state index contributed by atoms with van der Waals surface area (Å²) in [6.07, 6.45) is 3.46. The van der Waals surface area contributed by atoms with Gasteiger partial charge < -0.3 is 5.32 Å². The molecule has 0 heterocycles. The van der Waals surface area contributed by atoms with E-state index >= 15 is 0 Å². The highest BCUT2D eigenvalue weighted by atomic mass is 15.2. The van der Waals surface area contributed by atoms with Gasteiger partial charge in [0.1, 0.15) is 0 Å². The summed E-state index contributed by atoms with van der Waals surface area (Å²) >= 11 is 0. The predicted molar refractivity (Wildman–Crippen MR) is 94.0 cm³/mol. The number of nitrogens with zero attached hydrogens (tertiary/aromatic N) is 1. The van der Waals surface area contributed by atoms with E-state index in [1.165, 1.54) is 24.0 Å². The minimum atomic E-state index is 0.239. The normalized spacial score (nSPS) is 13.7. The van der Waals surface area contributed by atoms with Crippen LogP contribution in [-0.2, 0) is 6.42 Å². The van der Waals surface area contributed by atoms with Gasteiger partial charge in [0.05, 0.1) is 0 Å². The Kier molecular flexibility index (Phi) is 7.41. The van der Waals surface area contributed by atoms with Crippen LogP contribution >= 0.6 is 0 Å². The van der Waals surface area contributed by atoms with E-state index < -0.39 is 0 Å². The number of rotatable bonds is 9. The van der Waals surface area contributed by atoms with Gasteiger partial charge in [0.15, 0.2) is 0 Å². The van der Waals surface area contributed by atoms with Gasteiger partial charge in [0, 0.05) is 11.6 Å². The van der Waals surface area contributed by atoms with E-state index in [0.29, 0.717) is 6.04 Å². The largest absolute Gasteiger partial charge is 0.315 e. The van der Waals surface area contributed by atoms with Crippen LogP contribution in [0.3, 0.4) is 0 Å². The zero-order valence-electron chi connectivity index (χ0n) is 14.9. The van der Waals surface area contributed by atoms with Crippen LogP contribution in [0.4, 0.5) is 0 Å². The highest BCUT2D eigenvalue weighted by Gasteiger charge is 2.38. The third kappa shape index (κ3) is 4.08. The topological polar surface area (TPSA) is 15.3 Å². The van der Waals surface area contributed by atoms with Crippen molar-refractivity contribution in [1.29, 1.82) is 0 Å². The van der Waals surface area contributed by atoms with Crippen molar-refractivity contribution in [2.24, 2.45) is 0 Å². The molecule has 1 N–H and O–H groups in total. The molecule has 2 nitrogen and oxygen atoms in total. The van der Waals surface area contributed by atoms with Crippen LogP contribution in [0.15, 0.2) is 24.3 Å². The van der Waals surface area contributed by atoms with Crippen molar-refractivity contribution in [3.05, 3.63) is 35.4 Å². The molecule has 1 aromatic carbocycles. The third-order valence-electron chi connectivity index (χ3n) is 5.18. The molecule has 0 aliphatic heterocycles. The standard InChI is InChI=1S/C19H34N2/c1-7-19(8-2,21(9-3)10-4)18(20-6)15-17-13-11-16(5)12-14-17/h11-14,18,20H,7-10,15H2,1-6H3. The summed E-state index contributed by atoms with van der Waals surface area (Å²) in [4.78, 5) is 2.64. The lowest BCUT2D eigenvalue weighted by atomic mass is 9.79. The average Bonchev–Trinajstić information content (AvgIpc) is 2.52. The molecule has 0 aliphatic carbocycles. The molecule has 120 valence electrons. The molecule has 0 spiro atoms. The first-order valence-corrected chi connectivity index (χ1v) is 8.55. The number of hydrogen-bond acceptors (Lipinski definition) is 2. The van der Waals surface area contributed by atoms with Gasteiger partial charge in [-0.05, 0) is 51.9 Å². The summed E-state index contributed by atoms with van der Waals surface area (Å²) in [6, 6.07) is 9.48. The van der Waals surface area contributed by atoms with Crippen LogP contribution in [0.2, 0.25) is 0 Å². The van der Waals surface area contributed by atoms with Crippen LogP contribution in [0, 0.1) is 6.92 Å². The first-order chi connectivity index (χ1) is 10.1. The van der Waals surface area contributed by atoms with Gasteiger partial charge in [-0.15, -0.1) is 0 Å². The molecule has 1 atom stereocenters. The van der Waals surface area contributed by atoms with Crippen molar-refractivity contribution >= 4 is 0 Å². The van der Waals surface area contributed by atoms with Crippen LogP contribution in [0.1, 0.15) is 51.7 Å². The molecule has 0 aliphatic rings. The second-order valence-electron chi connectivity index (χ2n) is 6.01. The predicted octanol–water partition coefficient (Wildman–Crippen LogP) is 4.03. The van der Waals surface area contributed by atoms with Gasteiger partial charge in [-0.25, -0.2) is 0 Å². The van der Waals surface area contributed by atoms with E-state index in [1.54, 1.807) is 0 Å². The molecule has 0 bridgehead atoms. The Morgan fingerprint density at radius 1 is 1.00 bits per heavy atom. The maximum atomic E-state index is 3.62. The molecular formula is C19H34N2. The minimum Gasteiger partial charge on any atom is -0.315 e. The summed E-state index contributed by atoms with van der Waals surface area (Å²) in [5.41, 5.74) is 3.00. The van der Waals surface area contributed by atoms with Gasteiger partial charge in [-0.2, -0.15) is 0 Å².